The van der Waals surface area contributed by atoms with Crippen molar-refractivity contribution in [2.24, 2.45) is 0 Å². The molecule has 0 fully saturated rings. The van der Waals surface area contributed by atoms with Crippen molar-refractivity contribution in [1.82, 2.24) is 24.6 Å². The summed E-state index contributed by atoms with van der Waals surface area (Å²) in [6.45, 7) is 11.9. The highest BCUT2D eigenvalue weighted by Gasteiger charge is 2.48. The third kappa shape index (κ3) is 3.83. The van der Waals surface area contributed by atoms with Crippen LogP contribution in [0, 0.1) is 0 Å². The third-order valence-corrected chi connectivity index (χ3v) is 7.46. The van der Waals surface area contributed by atoms with E-state index in [1.54, 1.807) is 15.8 Å². The minimum absolute atomic E-state index is 0.0889. The summed E-state index contributed by atoms with van der Waals surface area (Å²) >= 11 is 0. The van der Waals surface area contributed by atoms with Gasteiger partial charge in [-0.15, -0.1) is 0 Å². The fraction of sp³-hybridized carbons (Fsp3) is 0.550. The lowest BCUT2D eigenvalue weighted by atomic mass is 9.87. The number of carbonyl (C=O) groups is 2. The van der Waals surface area contributed by atoms with Gasteiger partial charge in [-0.1, -0.05) is 19.6 Å². The maximum absolute atomic E-state index is 13.2. The summed E-state index contributed by atoms with van der Waals surface area (Å²) in [5.41, 5.74) is 1.40. The number of aromatic nitrogens is 4. The van der Waals surface area contributed by atoms with Crippen LogP contribution in [0.5, 0.6) is 0 Å². The highest BCUT2D eigenvalue weighted by molar-refractivity contribution is 6.76. The van der Waals surface area contributed by atoms with Gasteiger partial charge in [0, 0.05) is 26.4 Å². The van der Waals surface area contributed by atoms with E-state index in [0.29, 0.717) is 29.5 Å². The number of carboxylic acid groups (broad SMARTS) is 1. The van der Waals surface area contributed by atoms with Gasteiger partial charge in [-0.05, 0) is 19.9 Å². The van der Waals surface area contributed by atoms with Gasteiger partial charge in [0.1, 0.15) is 18.9 Å². The fourth-order valence-electron chi connectivity index (χ4n) is 3.90. The molecule has 2 amide bonds. The molecule has 166 valence electrons. The molecule has 11 heteroatoms. The van der Waals surface area contributed by atoms with E-state index >= 15 is 0 Å². The first kappa shape index (κ1) is 21.4. The number of anilines is 1. The number of hydrogen-bond donors (Lipinski definition) is 1. The Morgan fingerprint density at radius 1 is 1.23 bits per heavy atom. The quantitative estimate of drug-likeness (QED) is 0.538. The van der Waals surface area contributed by atoms with Crippen molar-refractivity contribution in [3.8, 4) is 5.82 Å². The Labute approximate surface area is 181 Å². The van der Waals surface area contributed by atoms with Crippen LogP contribution in [0.3, 0.4) is 0 Å². The van der Waals surface area contributed by atoms with Gasteiger partial charge in [-0.25, -0.2) is 19.4 Å². The molecular weight excluding hydrogens is 416 g/mol. The zero-order valence-corrected chi connectivity index (χ0v) is 19.5. The molecule has 2 aromatic rings. The number of fused-ring (bicyclic) bond motifs is 2. The second-order valence-electron chi connectivity index (χ2n) is 9.79. The zero-order valence-electron chi connectivity index (χ0n) is 18.5. The molecule has 4 rings (SSSR count). The predicted octanol–water partition coefficient (Wildman–Crippen LogP) is 2.59. The molecular formula is C20H28N6O4Si. The number of rotatable bonds is 6. The summed E-state index contributed by atoms with van der Waals surface area (Å²) < 4.78 is 7.47. The molecule has 0 aromatic carbocycles. The van der Waals surface area contributed by atoms with Crippen LogP contribution in [0.4, 0.5) is 10.6 Å². The monoisotopic (exact) mass is 444 g/mol. The Bertz CT molecular complexity index is 1020. The van der Waals surface area contributed by atoms with Gasteiger partial charge in [-0.2, -0.15) is 5.10 Å². The van der Waals surface area contributed by atoms with Crippen LogP contribution in [0.1, 0.15) is 30.7 Å². The van der Waals surface area contributed by atoms with Crippen molar-refractivity contribution in [3.05, 3.63) is 29.3 Å². The molecule has 0 spiro atoms. The molecule has 1 N–H and O–H groups in total. The van der Waals surface area contributed by atoms with Gasteiger partial charge in [0.05, 0.1) is 29.8 Å². The Balaban J connectivity index is 1.61. The Morgan fingerprint density at radius 2 is 1.94 bits per heavy atom. The van der Waals surface area contributed by atoms with Crippen molar-refractivity contribution >= 4 is 25.9 Å². The first-order valence-electron chi connectivity index (χ1n) is 10.3. The van der Waals surface area contributed by atoms with Crippen molar-refractivity contribution in [3.63, 3.8) is 0 Å². The molecule has 0 aliphatic carbocycles. The van der Waals surface area contributed by atoms with Crippen LogP contribution in [-0.4, -0.2) is 63.2 Å². The summed E-state index contributed by atoms with van der Waals surface area (Å²) in [7, 11) is -1.22. The van der Waals surface area contributed by atoms with Crippen LogP contribution >= 0.6 is 0 Å². The lowest BCUT2D eigenvalue weighted by Crippen LogP contribution is -2.38. The molecule has 31 heavy (non-hydrogen) atoms. The summed E-state index contributed by atoms with van der Waals surface area (Å²) in [5.74, 6) is 0.981. The van der Waals surface area contributed by atoms with E-state index in [9.17, 15) is 14.7 Å². The van der Waals surface area contributed by atoms with Gasteiger partial charge in [0.15, 0.2) is 5.82 Å². The first-order chi connectivity index (χ1) is 14.5. The fourth-order valence-corrected chi connectivity index (χ4v) is 4.65. The van der Waals surface area contributed by atoms with Crippen LogP contribution in [0.25, 0.3) is 5.82 Å². The van der Waals surface area contributed by atoms with E-state index in [0.717, 1.165) is 11.6 Å². The SMILES string of the molecule is CC1(C)C(=O)N(COCC[Si](C)(C)C)c2ncnc(-n3cc4c(n3)CN(C(=O)O)C4)c21. The van der Waals surface area contributed by atoms with Gasteiger partial charge < -0.3 is 9.84 Å². The van der Waals surface area contributed by atoms with E-state index in [4.69, 9.17) is 4.74 Å². The van der Waals surface area contributed by atoms with Gasteiger partial charge in [-0.3, -0.25) is 14.6 Å². The lowest BCUT2D eigenvalue weighted by molar-refractivity contribution is -0.123. The second-order valence-corrected chi connectivity index (χ2v) is 15.4. The number of ether oxygens (including phenoxy) is 1. The maximum Gasteiger partial charge on any atom is 0.407 e. The highest BCUT2D eigenvalue weighted by Crippen LogP contribution is 2.42. The summed E-state index contributed by atoms with van der Waals surface area (Å²) in [5, 5.41) is 13.7. The van der Waals surface area contributed by atoms with Crippen molar-refractivity contribution in [2.75, 3.05) is 18.2 Å². The van der Waals surface area contributed by atoms with Crippen molar-refractivity contribution in [1.29, 1.82) is 0 Å². The minimum Gasteiger partial charge on any atom is -0.465 e. The Kier molecular flexibility index (Phi) is 5.13. The standard InChI is InChI=1S/C20H28N6O4Si/c1-20(2)15-16(25(18(20)27)12-30-6-7-31(3,4)5)21-11-22-17(15)26-9-13-8-24(19(28)29)10-14(13)23-26/h9,11H,6-8,10,12H2,1-5H3,(H,28,29). The number of carbonyl (C=O) groups excluding carboxylic acids is 1. The normalized spacial score (nSPS) is 17.3. The molecule has 4 heterocycles. The summed E-state index contributed by atoms with van der Waals surface area (Å²) in [6, 6.07) is 1.02. The maximum atomic E-state index is 13.2. The highest BCUT2D eigenvalue weighted by atomic mass is 28.3. The average Bonchev–Trinajstić information content (AvgIpc) is 3.30. The summed E-state index contributed by atoms with van der Waals surface area (Å²) in [6.07, 6.45) is 2.24. The zero-order chi connectivity index (χ0) is 22.6. The summed E-state index contributed by atoms with van der Waals surface area (Å²) in [4.78, 5) is 36.1. The van der Waals surface area contributed by atoms with E-state index in [2.05, 4.69) is 34.7 Å². The minimum atomic E-state index is -1.22. The molecule has 0 radical (unpaired) electrons. The second kappa shape index (κ2) is 7.41. The Hall–Kier alpha value is -2.79. The van der Waals surface area contributed by atoms with E-state index in [-0.39, 0.29) is 25.7 Å². The number of amides is 2. The molecule has 2 aromatic heterocycles. The van der Waals surface area contributed by atoms with Crippen molar-refractivity contribution in [2.45, 2.75) is 58.0 Å². The average molecular weight is 445 g/mol. The smallest absolute Gasteiger partial charge is 0.407 e. The topological polar surface area (TPSA) is 114 Å². The largest absolute Gasteiger partial charge is 0.465 e. The third-order valence-electron chi connectivity index (χ3n) is 5.75. The predicted molar refractivity (Wildman–Crippen MR) is 116 cm³/mol. The lowest BCUT2D eigenvalue weighted by Gasteiger charge is -2.21. The van der Waals surface area contributed by atoms with E-state index in [1.807, 2.05) is 13.8 Å². The van der Waals surface area contributed by atoms with Crippen LogP contribution < -0.4 is 4.90 Å². The Morgan fingerprint density at radius 3 is 2.58 bits per heavy atom. The molecule has 2 aliphatic rings. The van der Waals surface area contributed by atoms with E-state index in [1.165, 1.54) is 11.2 Å². The molecule has 0 atom stereocenters. The van der Waals surface area contributed by atoms with Gasteiger partial charge >= 0.3 is 6.09 Å². The molecule has 0 bridgehead atoms. The molecule has 0 saturated heterocycles. The van der Waals surface area contributed by atoms with Crippen molar-refractivity contribution < 1.29 is 19.4 Å². The van der Waals surface area contributed by atoms with Gasteiger partial charge in [0.25, 0.3) is 0 Å². The first-order valence-corrected chi connectivity index (χ1v) is 14.0. The van der Waals surface area contributed by atoms with E-state index < -0.39 is 19.6 Å². The number of hydrogen-bond acceptors (Lipinski definition) is 6. The molecule has 10 nitrogen and oxygen atoms in total. The molecule has 0 unspecified atom stereocenters. The molecule has 0 saturated carbocycles. The van der Waals surface area contributed by atoms with Crippen LogP contribution in [0.2, 0.25) is 25.7 Å². The van der Waals surface area contributed by atoms with Gasteiger partial charge in [0.2, 0.25) is 5.91 Å². The van der Waals surface area contributed by atoms with Crippen LogP contribution in [-0.2, 0) is 28.0 Å². The van der Waals surface area contributed by atoms with Crippen LogP contribution in [0.15, 0.2) is 12.5 Å². The number of nitrogens with zero attached hydrogens (tertiary/aromatic N) is 6. The molecule has 2 aliphatic heterocycles.